The summed E-state index contributed by atoms with van der Waals surface area (Å²) in [6.07, 6.45) is 6.14. The van der Waals surface area contributed by atoms with Gasteiger partial charge in [-0.1, -0.05) is 25.1 Å². The van der Waals surface area contributed by atoms with Crippen LogP contribution in [0.5, 0.6) is 0 Å². The number of carbonyl (C=O) groups excluding carboxylic acids is 1. The Morgan fingerprint density at radius 3 is 2.54 bits per heavy atom. The van der Waals surface area contributed by atoms with Crippen molar-refractivity contribution in [2.45, 2.75) is 38.6 Å². The summed E-state index contributed by atoms with van der Waals surface area (Å²) in [4.78, 5) is 20.4. The number of hydrogen-bond donors (Lipinski definition) is 3. The Balaban J connectivity index is 1.79. The minimum atomic E-state index is -0.550. The highest BCUT2D eigenvalue weighted by atomic mass is 16.1. The highest BCUT2D eigenvalue weighted by Crippen LogP contribution is 2.26. The van der Waals surface area contributed by atoms with E-state index in [0.717, 1.165) is 24.4 Å². The minimum Gasteiger partial charge on any atom is -0.365 e. The molecule has 24 heavy (non-hydrogen) atoms. The Hall–Kier alpha value is -2.63. The molecule has 4 N–H and O–H groups in total. The standard InChI is InChI=1S/C18H23N5O/c1-12-7-9-14(10-8-12)22-18-20-11-15(16(19)24)17(23-18)21-13-5-3-2-4-6-13/h2-6,11-12,14H,7-10H2,1H3,(H2,19,24)(H2,20,21,22,23). The Kier molecular flexibility index (Phi) is 4.93. The third-order valence-corrected chi connectivity index (χ3v) is 4.44. The monoisotopic (exact) mass is 325 g/mol. The molecule has 1 amide bonds. The van der Waals surface area contributed by atoms with Gasteiger partial charge >= 0.3 is 0 Å². The fraction of sp³-hybridized carbons (Fsp3) is 0.389. The molecule has 6 heteroatoms. The van der Waals surface area contributed by atoms with E-state index in [1.807, 2.05) is 30.3 Å². The molecule has 1 aliphatic rings. The molecular formula is C18H23N5O. The van der Waals surface area contributed by atoms with Gasteiger partial charge in [-0.05, 0) is 43.7 Å². The van der Waals surface area contributed by atoms with Gasteiger partial charge < -0.3 is 16.4 Å². The fourth-order valence-corrected chi connectivity index (χ4v) is 2.97. The van der Waals surface area contributed by atoms with E-state index >= 15 is 0 Å². The summed E-state index contributed by atoms with van der Waals surface area (Å²) in [6.45, 7) is 2.29. The van der Waals surface area contributed by atoms with Crippen molar-refractivity contribution < 1.29 is 4.79 Å². The number of carbonyl (C=O) groups is 1. The van der Waals surface area contributed by atoms with Crippen LogP contribution < -0.4 is 16.4 Å². The largest absolute Gasteiger partial charge is 0.365 e. The number of nitrogens with two attached hydrogens (primary N) is 1. The summed E-state index contributed by atoms with van der Waals surface area (Å²) >= 11 is 0. The molecule has 1 saturated carbocycles. The van der Waals surface area contributed by atoms with Crippen LogP contribution in [0.25, 0.3) is 0 Å². The van der Waals surface area contributed by atoms with Crippen LogP contribution in [-0.2, 0) is 0 Å². The maximum atomic E-state index is 11.6. The molecule has 0 unspecified atom stereocenters. The van der Waals surface area contributed by atoms with Gasteiger partial charge in [-0.3, -0.25) is 4.79 Å². The lowest BCUT2D eigenvalue weighted by Crippen LogP contribution is -2.26. The Morgan fingerprint density at radius 1 is 1.17 bits per heavy atom. The van der Waals surface area contributed by atoms with E-state index in [-0.39, 0.29) is 5.56 Å². The van der Waals surface area contributed by atoms with Crippen molar-refractivity contribution in [1.82, 2.24) is 9.97 Å². The summed E-state index contributed by atoms with van der Waals surface area (Å²) < 4.78 is 0. The second kappa shape index (κ2) is 7.29. The number of aromatic nitrogens is 2. The van der Waals surface area contributed by atoms with Crippen molar-refractivity contribution in [2.75, 3.05) is 10.6 Å². The van der Waals surface area contributed by atoms with Crippen LogP contribution >= 0.6 is 0 Å². The fourth-order valence-electron chi connectivity index (χ4n) is 2.97. The molecule has 1 heterocycles. The van der Waals surface area contributed by atoms with Crippen molar-refractivity contribution in [3.8, 4) is 0 Å². The molecule has 0 atom stereocenters. The van der Waals surface area contributed by atoms with E-state index in [1.54, 1.807) is 0 Å². The van der Waals surface area contributed by atoms with Gasteiger partial charge in [-0.2, -0.15) is 4.98 Å². The molecule has 126 valence electrons. The summed E-state index contributed by atoms with van der Waals surface area (Å²) in [7, 11) is 0. The first-order valence-electron chi connectivity index (χ1n) is 8.37. The Morgan fingerprint density at radius 2 is 1.88 bits per heavy atom. The highest BCUT2D eigenvalue weighted by molar-refractivity contribution is 5.98. The van der Waals surface area contributed by atoms with Crippen LogP contribution in [0.3, 0.4) is 0 Å². The summed E-state index contributed by atoms with van der Waals surface area (Å²) in [6, 6.07) is 9.94. The topological polar surface area (TPSA) is 92.9 Å². The number of para-hydroxylation sites is 1. The van der Waals surface area contributed by atoms with Crippen molar-refractivity contribution in [3.63, 3.8) is 0 Å². The minimum absolute atomic E-state index is 0.279. The quantitative estimate of drug-likeness (QED) is 0.784. The molecule has 0 radical (unpaired) electrons. The summed E-state index contributed by atoms with van der Waals surface area (Å²) in [5, 5.41) is 6.53. The van der Waals surface area contributed by atoms with E-state index in [4.69, 9.17) is 5.73 Å². The molecule has 3 rings (SSSR count). The van der Waals surface area contributed by atoms with Gasteiger partial charge in [0.25, 0.3) is 5.91 Å². The van der Waals surface area contributed by atoms with Crippen molar-refractivity contribution in [1.29, 1.82) is 0 Å². The summed E-state index contributed by atoms with van der Waals surface area (Å²) in [5.41, 5.74) is 6.56. The number of anilines is 3. The van der Waals surface area contributed by atoms with Crippen LogP contribution in [0.15, 0.2) is 36.5 Å². The van der Waals surface area contributed by atoms with Gasteiger partial charge in [0, 0.05) is 17.9 Å². The number of hydrogen-bond acceptors (Lipinski definition) is 5. The van der Waals surface area contributed by atoms with E-state index in [9.17, 15) is 4.79 Å². The maximum Gasteiger partial charge on any atom is 0.254 e. The first kappa shape index (κ1) is 16.2. The lowest BCUT2D eigenvalue weighted by molar-refractivity contribution is 0.100. The van der Waals surface area contributed by atoms with E-state index in [1.165, 1.54) is 19.0 Å². The first-order valence-corrected chi connectivity index (χ1v) is 8.37. The Labute approximate surface area is 141 Å². The predicted octanol–water partition coefficient (Wildman–Crippen LogP) is 3.31. The molecule has 0 bridgehead atoms. The van der Waals surface area contributed by atoms with Crippen molar-refractivity contribution >= 4 is 23.4 Å². The van der Waals surface area contributed by atoms with Crippen molar-refractivity contribution in [3.05, 3.63) is 42.1 Å². The molecular weight excluding hydrogens is 302 g/mol. The van der Waals surface area contributed by atoms with Gasteiger partial charge in [0.05, 0.1) is 0 Å². The van der Waals surface area contributed by atoms with Crippen LogP contribution in [0.2, 0.25) is 0 Å². The van der Waals surface area contributed by atoms with Crippen LogP contribution in [0, 0.1) is 5.92 Å². The predicted molar refractivity (Wildman–Crippen MR) is 95.3 cm³/mol. The lowest BCUT2D eigenvalue weighted by atomic mass is 9.87. The molecule has 0 spiro atoms. The summed E-state index contributed by atoms with van der Waals surface area (Å²) in [5.74, 6) is 1.19. The smallest absolute Gasteiger partial charge is 0.254 e. The molecule has 2 aromatic rings. The van der Waals surface area contributed by atoms with E-state index < -0.39 is 5.91 Å². The number of nitrogens with zero attached hydrogens (tertiary/aromatic N) is 2. The van der Waals surface area contributed by atoms with Gasteiger partial charge in [0.2, 0.25) is 5.95 Å². The van der Waals surface area contributed by atoms with Gasteiger partial charge in [0.1, 0.15) is 11.4 Å². The zero-order chi connectivity index (χ0) is 16.9. The first-order chi connectivity index (χ1) is 11.6. The number of benzene rings is 1. The molecule has 0 aliphatic heterocycles. The number of amides is 1. The number of rotatable bonds is 5. The highest BCUT2D eigenvalue weighted by Gasteiger charge is 2.20. The molecule has 1 aliphatic carbocycles. The third-order valence-electron chi connectivity index (χ3n) is 4.44. The average Bonchev–Trinajstić information content (AvgIpc) is 2.58. The zero-order valence-corrected chi connectivity index (χ0v) is 13.8. The molecule has 6 nitrogen and oxygen atoms in total. The lowest BCUT2D eigenvalue weighted by Gasteiger charge is -2.27. The Bertz CT molecular complexity index is 696. The molecule has 1 aromatic heterocycles. The van der Waals surface area contributed by atoms with Crippen molar-refractivity contribution in [2.24, 2.45) is 11.7 Å². The zero-order valence-electron chi connectivity index (χ0n) is 13.8. The number of nitrogens with one attached hydrogen (secondary N) is 2. The second-order valence-electron chi connectivity index (χ2n) is 6.41. The second-order valence-corrected chi connectivity index (χ2v) is 6.41. The van der Waals surface area contributed by atoms with E-state index in [2.05, 4.69) is 27.5 Å². The molecule has 1 aromatic carbocycles. The van der Waals surface area contributed by atoms with Gasteiger partial charge in [0.15, 0.2) is 0 Å². The van der Waals surface area contributed by atoms with Crippen LogP contribution in [0.4, 0.5) is 17.5 Å². The molecule has 0 saturated heterocycles. The van der Waals surface area contributed by atoms with E-state index in [0.29, 0.717) is 17.8 Å². The van der Waals surface area contributed by atoms with Crippen LogP contribution in [-0.4, -0.2) is 21.9 Å². The van der Waals surface area contributed by atoms with Crippen LogP contribution in [0.1, 0.15) is 43.0 Å². The maximum absolute atomic E-state index is 11.6. The number of primary amides is 1. The normalized spacial score (nSPS) is 20.4. The van der Waals surface area contributed by atoms with Gasteiger partial charge in [-0.15, -0.1) is 0 Å². The molecule has 1 fully saturated rings. The average molecular weight is 325 g/mol. The SMILES string of the molecule is CC1CCC(Nc2ncc(C(N)=O)c(Nc3ccccc3)n2)CC1. The third kappa shape index (κ3) is 4.01. The van der Waals surface area contributed by atoms with Gasteiger partial charge in [-0.25, -0.2) is 4.98 Å².